The van der Waals surface area contributed by atoms with Gasteiger partial charge in [0.05, 0.1) is 0 Å². The Kier molecular flexibility index (Phi) is 5.40. The Labute approximate surface area is 77.1 Å². The van der Waals surface area contributed by atoms with E-state index in [1.807, 2.05) is 0 Å². The fraction of sp³-hybridized carbons (Fsp3) is 1.00. The molecule has 0 saturated heterocycles. The van der Waals surface area contributed by atoms with Crippen LogP contribution in [0, 0.1) is 0 Å². The van der Waals surface area contributed by atoms with E-state index in [1.54, 1.807) is 0 Å². The zero-order chi connectivity index (χ0) is 10.3. The van der Waals surface area contributed by atoms with Gasteiger partial charge >= 0.3 is 10.2 Å². The van der Waals surface area contributed by atoms with Crippen LogP contribution >= 0.6 is 0 Å². The third-order valence-electron chi connectivity index (χ3n) is 1.36. The largest absolute Gasteiger partial charge is 0.385 e. The van der Waals surface area contributed by atoms with E-state index in [1.165, 1.54) is 14.2 Å². The van der Waals surface area contributed by atoms with Crippen molar-refractivity contribution in [2.45, 2.75) is 6.42 Å². The van der Waals surface area contributed by atoms with Gasteiger partial charge in [-0.25, -0.2) is 8.42 Å². The van der Waals surface area contributed by atoms with Crippen LogP contribution in [-0.2, 0) is 14.9 Å². The summed E-state index contributed by atoms with van der Waals surface area (Å²) in [5.41, 5.74) is 7.95. The van der Waals surface area contributed by atoms with Gasteiger partial charge in [0.25, 0.3) is 0 Å². The van der Waals surface area contributed by atoms with Crippen molar-refractivity contribution < 1.29 is 13.2 Å². The molecule has 7 nitrogen and oxygen atoms in total. The van der Waals surface area contributed by atoms with Crippen molar-refractivity contribution in [1.29, 1.82) is 0 Å². The van der Waals surface area contributed by atoms with E-state index in [9.17, 15) is 8.42 Å². The molecule has 8 heteroatoms. The summed E-state index contributed by atoms with van der Waals surface area (Å²) < 4.78 is 30.4. The lowest BCUT2D eigenvalue weighted by atomic mass is 10.5. The molecule has 0 atom stereocenters. The van der Waals surface area contributed by atoms with Crippen molar-refractivity contribution in [3.63, 3.8) is 0 Å². The molecule has 0 aliphatic rings. The van der Waals surface area contributed by atoms with E-state index in [0.29, 0.717) is 13.0 Å². The zero-order valence-corrected chi connectivity index (χ0v) is 8.36. The molecule has 0 aliphatic heterocycles. The highest BCUT2D eigenvalue weighted by Crippen LogP contribution is 2.00. The van der Waals surface area contributed by atoms with Crippen molar-refractivity contribution in [2.75, 3.05) is 27.3 Å². The van der Waals surface area contributed by atoms with Gasteiger partial charge in [-0.2, -0.15) is 4.31 Å². The number of azide groups is 1. The number of hydrogen-bond acceptors (Lipinski definition) is 3. The van der Waals surface area contributed by atoms with E-state index in [2.05, 4.69) is 9.43 Å². The fourth-order valence-corrected chi connectivity index (χ4v) is 1.23. The molecule has 0 N–H and O–H groups in total. The average Bonchev–Trinajstić information content (AvgIpc) is 2.04. The van der Waals surface area contributed by atoms with Gasteiger partial charge in [0, 0.05) is 36.7 Å². The third kappa shape index (κ3) is 4.69. The van der Waals surface area contributed by atoms with Gasteiger partial charge in [-0.15, -0.1) is 0 Å². The van der Waals surface area contributed by atoms with Gasteiger partial charge in [-0.1, -0.05) is 0 Å². The van der Waals surface area contributed by atoms with Gasteiger partial charge in [-0.05, 0) is 12.0 Å². The lowest BCUT2D eigenvalue weighted by Gasteiger charge is -2.11. The predicted octanol–water partition coefficient (Wildman–Crippen LogP) is 0.510. The number of hydrogen-bond donors (Lipinski definition) is 0. The number of methoxy groups -OCH3 is 1. The van der Waals surface area contributed by atoms with Crippen molar-refractivity contribution >= 4 is 10.2 Å². The Balaban J connectivity index is 4.10. The van der Waals surface area contributed by atoms with Crippen LogP contribution in [0.3, 0.4) is 0 Å². The summed E-state index contributed by atoms with van der Waals surface area (Å²) in [7, 11) is -0.928. The maximum Gasteiger partial charge on any atom is 0.302 e. The molecule has 0 aromatic heterocycles. The van der Waals surface area contributed by atoms with Crippen LogP contribution in [0.15, 0.2) is 4.52 Å². The number of ether oxygens (including phenoxy) is 1. The Morgan fingerprint density at radius 1 is 1.62 bits per heavy atom. The first-order valence-corrected chi connectivity index (χ1v) is 4.96. The van der Waals surface area contributed by atoms with Crippen LogP contribution in [0.2, 0.25) is 0 Å². The minimum Gasteiger partial charge on any atom is -0.385 e. The van der Waals surface area contributed by atoms with Gasteiger partial charge in [-0.3, -0.25) is 0 Å². The quantitative estimate of drug-likeness (QED) is 0.275. The van der Waals surface area contributed by atoms with Crippen molar-refractivity contribution in [3.8, 4) is 0 Å². The molecule has 0 aromatic carbocycles. The summed E-state index contributed by atoms with van der Waals surface area (Å²) in [4.78, 5) is 2.22. The Morgan fingerprint density at radius 2 is 2.23 bits per heavy atom. The molecular formula is C5H12N4O3S. The second kappa shape index (κ2) is 5.76. The Morgan fingerprint density at radius 3 is 2.69 bits per heavy atom. The highest BCUT2D eigenvalue weighted by atomic mass is 32.2. The molecule has 0 spiro atoms. The zero-order valence-electron chi connectivity index (χ0n) is 7.54. The van der Waals surface area contributed by atoms with Crippen LogP contribution in [-0.4, -0.2) is 40.0 Å². The van der Waals surface area contributed by atoms with Crippen molar-refractivity contribution in [2.24, 2.45) is 4.52 Å². The molecule has 0 unspecified atom stereocenters. The molecule has 0 aliphatic carbocycles. The number of rotatable bonds is 6. The van der Waals surface area contributed by atoms with Gasteiger partial charge < -0.3 is 4.74 Å². The van der Waals surface area contributed by atoms with Crippen LogP contribution in [0.1, 0.15) is 6.42 Å². The van der Waals surface area contributed by atoms with E-state index >= 15 is 0 Å². The fourth-order valence-electron chi connectivity index (χ4n) is 0.655. The van der Waals surface area contributed by atoms with Crippen LogP contribution in [0.4, 0.5) is 0 Å². The molecule has 0 rings (SSSR count). The minimum atomic E-state index is -3.80. The highest BCUT2D eigenvalue weighted by molar-refractivity contribution is 7.87. The van der Waals surface area contributed by atoms with E-state index in [-0.39, 0.29) is 6.54 Å². The van der Waals surface area contributed by atoms with Crippen molar-refractivity contribution in [1.82, 2.24) is 4.31 Å². The monoisotopic (exact) mass is 208 g/mol. The lowest BCUT2D eigenvalue weighted by molar-refractivity contribution is 0.189. The van der Waals surface area contributed by atoms with E-state index in [4.69, 9.17) is 10.3 Å². The molecule has 0 bridgehead atoms. The van der Waals surface area contributed by atoms with Crippen molar-refractivity contribution in [3.05, 3.63) is 10.4 Å². The van der Waals surface area contributed by atoms with E-state index < -0.39 is 10.2 Å². The summed E-state index contributed by atoms with van der Waals surface area (Å²) in [6.07, 6.45) is 0.563. The maximum atomic E-state index is 11.0. The molecule has 0 amide bonds. The summed E-state index contributed by atoms with van der Waals surface area (Å²) in [6.45, 7) is 0.741. The SMILES string of the molecule is COCCCN(C)S(=O)(=O)N=[N+]=[N-]. The topological polar surface area (TPSA) is 95.4 Å². The summed E-state index contributed by atoms with van der Waals surface area (Å²) in [5, 5.41) is 0. The first-order valence-electron chi connectivity index (χ1n) is 3.56. The molecule has 0 aromatic rings. The standard InChI is InChI=1S/C5H12N4O3S/c1-9(4-3-5-12-2)13(10,11)8-7-6/h3-5H2,1-2H3. The highest BCUT2D eigenvalue weighted by Gasteiger charge is 2.14. The van der Waals surface area contributed by atoms with Crippen LogP contribution in [0.5, 0.6) is 0 Å². The smallest absolute Gasteiger partial charge is 0.302 e. The average molecular weight is 208 g/mol. The molecule has 0 radical (unpaired) electrons. The van der Waals surface area contributed by atoms with Crippen LogP contribution in [0.25, 0.3) is 10.4 Å². The van der Waals surface area contributed by atoms with Crippen LogP contribution < -0.4 is 0 Å². The maximum absolute atomic E-state index is 11.0. The second-order valence-corrected chi connectivity index (χ2v) is 4.00. The lowest BCUT2D eigenvalue weighted by Crippen LogP contribution is -2.26. The molecule has 13 heavy (non-hydrogen) atoms. The number of nitrogens with zero attached hydrogens (tertiary/aromatic N) is 4. The third-order valence-corrected chi connectivity index (χ3v) is 2.60. The molecular weight excluding hydrogens is 196 g/mol. The van der Waals surface area contributed by atoms with Gasteiger partial charge in [0.15, 0.2) is 0 Å². The first-order chi connectivity index (χ1) is 6.04. The molecule has 76 valence electrons. The molecule has 0 heterocycles. The first kappa shape index (κ1) is 12.2. The predicted molar refractivity (Wildman–Crippen MR) is 47.2 cm³/mol. The Hall–Kier alpha value is -0.820. The van der Waals surface area contributed by atoms with E-state index in [0.717, 1.165) is 4.31 Å². The van der Waals surface area contributed by atoms with Gasteiger partial charge in [0.2, 0.25) is 0 Å². The molecule has 0 fully saturated rings. The second-order valence-electron chi connectivity index (χ2n) is 2.32. The Bertz CT molecular complexity index is 282. The summed E-state index contributed by atoms with van der Waals surface area (Å²) >= 11 is 0. The summed E-state index contributed by atoms with van der Waals surface area (Å²) in [6, 6.07) is 0. The summed E-state index contributed by atoms with van der Waals surface area (Å²) in [5.74, 6) is 0. The molecule has 0 saturated carbocycles. The normalized spacial score (nSPS) is 11.3. The minimum absolute atomic E-state index is 0.273. The van der Waals surface area contributed by atoms with Gasteiger partial charge in [0.1, 0.15) is 0 Å².